The lowest BCUT2D eigenvalue weighted by Crippen LogP contribution is -1.95. The number of hydrogen-bond acceptors (Lipinski definition) is 4. The molecule has 3 nitrogen and oxygen atoms in total. The first-order valence-electron chi connectivity index (χ1n) is 9.85. The van der Waals surface area contributed by atoms with Gasteiger partial charge in [-0.2, -0.15) is 0 Å². The van der Waals surface area contributed by atoms with Crippen LogP contribution in [0.25, 0.3) is 22.3 Å². The molecule has 0 saturated heterocycles. The van der Waals surface area contributed by atoms with Crippen LogP contribution in [0, 0.1) is 0 Å². The van der Waals surface area contributed by atoms with Crippen molar-refractivity contribution in [2.24, 2.45) is 5.73 Å². The first kappa shape index (κ1) is 21.5. The molecule has 3 aromatic carbocycles. The summed E-state index contributed by atoms with van der Waals surface area (Å²) in [5.74, 6) is 0.277. The highest BCUT2D eigenvalue weighted by Gasteiger charge is 2.05. The second-order valence-electron chi connectivity index (χ2n) is 6.82. The van der Waals surface area contributed by atoms with Crippen LogP contribution in [0.3, 0.4) is 0 Å². The van der Waals surface area contributed by atoms with Crippen molar-refractivity contribution in [1.82, 2.24) is 0 Å². The second kappa shape index (κ2) is 10.5. The average Bonchev–Trinajstić information content (AvgIpc) is 3.29. The Labute approximate surface area is 181 Å². The van der Waals surface area contributed by atoms with E-state index in [1.807, 2.05) is 47.8 Å². The monoisotopic (exact) mass is 415 g/mol. The quantitative estimate of drug-likeness (QED) is 0.376. The molecule has 152 valence electrons. The Kier molecular flexibility index (Phi) is 7.55. The van der Waals surface area contributed by atoms with Gasteiger partial charge in [0.2, 0.25) is 0 Å². The van der Waals surface area contributed by atoms with Crippen LogP contribution in [0.1, 0.15) is 27.7 Å². The molecular formula is C26H25NO2S. The summed E-state index contributed by atoms with van der Waals surface area (Å²) in [7, 11) is 0. The van der Waals surface area contributed by atoms with Gasteiger partial charge in [-0.05, 0) is 51.8 Å². The molecule has 0 aliphatic heterocycles. The number of phenolic OH excluding ortho intramolecular Hbond substituents is 1. The van der Waals surface area contributed by atoms with E-state index in [0.29, 0.717) is 6.54 Å². The molecule has 0 spiro atoms. The molecule has 0 fully saturated rings. The van der Waals surface area contributed by atoms with Gasteiger partial charge in [0.15, 0.2) is 6.29 Å². The van der Waals surface area contributed by atoms with Crippen molar-refractivity contribution in [3.63, 3.8) is 0 Å². The molecule has 0 aliphatic rings. The summed E-state index contributed by atoms with van der Waals surface area (Å²) in [5.41, 5.74) is 11.9. The van der Waals surface area contributed by atoms with Crippen LogP contribution in [0.2, 0.25) is 0 Å². The highest BCUT2D eigenvalue weighted by molar-refractivity contribution is 7.12. The Bertz CT molecular complexity index is 1060. The minimum Gasteiger partial charge on any atom is -0.507 e. The van der Waals surface area contributed by atoms with Crippen LogP contribution in [0.15, 0.2) is 84.2 Å². The third-order valence-electron chi connectivity index (χ3n) is 4.84. The summed E-state index contributed by atoms with van der Waals surface area (Å²) in [6.07, 6.45) is 1.97. The highest BCUT2D eigenvalue weighted by atomic mass is 32.1. The second-order valence-corrected chi connectivity index (χ2v) is 7.77. The molecule has 4 aromatic rings. The number of nitrogens with two attached hydrogens (primary N) is 1. The van der Waals surface area contributed by atoms with Crippen molar-refractivity contribution >= 4 is 17.6 Å². The van der Waals surface area contributed by atoms with E-state index in [1.54, 1.807) is 12.1 Å². The molecule has 4 heteroatoms. The van der Waals surface area contributed by atoms with E-state index in [0.717, 1.165) is 39.8 Å². The van der Waals surface area contributed by atoms with E-state index < -0.39 is 0 Å². The minimum atomic E-state index is 0.277. The minimum absolute atomic E-state index is 0.277. The number of aldehydes is 1. The fraction of sp³-hybridized carbons (Fsp3) is 0.115. The fourth-order valence-corrected chi connectivity index (χ4v) is 3.75. The van der Waals surface area contributed by atoms with Crippen LogP contribution in [0.5, 0.6) is 5.75 Å². The number of benzene rings is 3. The van der Waals surface area contributed by atoms with Gasteiger partial charge in [-0.3, -0.25) is 4.79 Å². The number of rotatable bonds is 5. The van der Waals surface area contributed by atoms with E-state index in [9.17, 15) is 9.90 Å². The lowest BCUT2D eigenvalue weighted by Gasteiger charge is -2.05. The largest absolute Gasteiger partial charge is 0.507 e. The fourth-order valence-electron chi connectivity index (χ4n) is 3.04. The maximum Gasteiger partial charge on any atom is 0.160 e. The smallest absolute Gasteiger partial charge is 0.160 e. The SMILES string of the molecule is CCc1ccc(CN)cc1.O=Cc1cc(-c2ccc(-c3ccccc3O)cc2)cs1. The van der Waals surface area contributed by atoms with Crippen molar-refractivity contribution < 1.29 is 9.90 Å². The van der Waals surface area contributed by atoms with Gasteiger partial charge in [0.05, 0.1) is 4.88 Å². The van der Waals surface area contributed by atoms with Crippen LogP contribution in [-0.4, -0.2) is 11.4 Å². The molecule has 0 unspecified atom stereocenters. The molecule has 3 N–H and O–H groups in total. The summed E-state index contributed by atoms with van der Waals surface area (Å²) in [6, 6.07) is 25.5. The third kappa shape index (κ3) is 5.44. The van der Waals surface area contributed by atoms with Crippen molar-refractivity contribution in [1.29, 1.82) is 0 Å². The highest BCUT2D eigenvalue weighted by Crippen LogP contribution is 2.31. The Balaban J connectivity index is 0.000000216. The standard InChI is InChI=1S/C17H12O2S.C9H13N/c18-10-15-9-14(11-20-15)12-5-7-13(8-6-12)16-3-1-2-4-17(16)19;1-2-8-3-5-9(7-10)6-4-8/h1-11,19H;3-6H,2,7,10H2,1H3. The topological polar surface area (TPSA) is 63.3 Å². The van der Waals surface area contributed by atoms with E-state index in [1.165, 1.54) is 22.5 Å². The van der Waals surface area contributed by atoms with E-state index >= 15 is 0 Å². The summed E-state index contributed by atoms with van der Waals surface area (Å²) in [6.45, 7) is 2.79. The zero-order valence-electron chi connectivity index (χ0n) is 16.9. The number of aryl methyl sites for hydroxylation is 1. The Morgan fingerprint density at radius 2 is 1.50 bits per heavy atom. The molecule has 1 heterocycles. The van der Waals surface area contributed by atoms with Gasteiger partial charge in [-0.15, -0.1) is 11.3 Å². The zero-order valence-corrected chi connectivity index (χ0v) is 17.7. The van der Waals surface area contributed by atoms with E-state index in [2.05, 4.69) is 31.2 Å². The predicted molar refractivity (Wildman–Crippen MR) is 126 cm³/mol. The molecule has 0 aliphatic carbocycles. The van der Waals surface area contributed by atoms with Crippen molar-refractivity contribution in [3.8, 4) is 28.0 Å². The van der Waals surface area contributed by atoms with Crippen molar-refractivity contribution in [3.05, 3.63) is 100 Å². The molecule has 4 rings (SSSR count). The number of para-hydroxylation sites is 1. The first-order chi connectivity index (χ1) is 14.6. The van der Waals surface area contributed by atoms with Crippen molar-refractivity contribution in [2.45, 2.75) is 19.9 Å². The number of thiophene rings is 1. The number of phenols is 1. The van der Waals surface area contributed by atoms with Gasteiger partial charge < -0.3 is 10.8 Å². The van der Waals surface area contributed by atoms with Crippen LogP contribution < -0.4 is 5.73 Å². The summed E-state index contributed by atoms with van der Waals surface area (Å²) in [5, 5.41) is 11.8. The molecule has 0 bridgehead atoms. The van der Waals surface area contributed by atoms with Crippen LogP contribution in [0.4, 0.5) is 0 Å². The average molecular weight is 416 g/mol. The Morgan fingerprint density at radius 1 is 0.867 bits per heavy atom. The molecule has 0 amide bonds. The van der Waals surface area contributed by atoms with Gasteiger partial charge >= 0.3 is 0 Å². The lowest BCUT2D eigenvalue weighted by atomic mass is 10.0. The molecule has 30 heavy (non-hydrogen) atoms. The molecule has 0 saturated carbocycles. The van der Waals surface area contributed by atoms with Gasteiger partial charge in [0.1, 0.15) is 5.75 Å². The predicted octanol–water partition coefficient (Wildman–Crippen LogP) is 6.31. The number of carbonyl (C=O) groups is 1. The number of hydrogen-bond donors (Lipinski definition) is 2. The Hall–Kier alpha value is -3.21. The molecule has 0 radical (unpaired) electrons. The number of aromatic hydroxyl groups is 1. The van der Waals surface area contributed by atoms with Gasteiger partial charge in [-0.1, -0.05) is 73.7 Å². The first-order valence-corrected chi connectivity index (χ1v) is 10.7. The third-order valence-corrected chi connectivity index (χ3v) is 5.69. The molecule has 0 atom stereocenters. The van der Waals surface area contributed by atoms with Crippen molar-refractivity contribution in [2.75, 3.05) is 0 Å². The van der Waals surface area contributed by atoms with Crippen LogP contribution >= 0.6 is 11.3 Å². The molecule has 1 aromatic heterocycles. The Morgan fingerprint density at radius 3 is 2.07 bits per heavy atom. The van der Waals surface area contributed by atoms with E-state index in [-0.39, 0.29) is 5.75 Å². The molecular weight excluding hydrogens is 390 g/mol. The van der Waals surface area contributed by atoms with Gasteiger partial charge in [-0.25, -0.2) is 0 Å². The maximum absolute atomic E-state index is 10.7. The number of carbonyl (C=O) groups excluding carboxylic acids is 1. The van der Waals surface area contributed by atoms with Crippen LogP contribution in [-0.2, 0) is 13.0 Å². The zero-order chi connectivity index (χ0) is 21.3. The summed E-state index contributed by atoms with van der Waals surface area (Å²) < 4.78 is 0. The summed E-state index contributed by atoms with van der Waals surface area (Å²) in [4.78, 5) is 11.4. The normalized spacial score (nSPS) is 10.2. The maximum atomic E-state index is 10.7. The van der Waals surface area contributed by atoms with E-state index in [4.69, 9.17) is 5.73 Å². The lowest BCUT2D eigenvalue weighted by molar-refractivity contribution is 0.112. The summed E-state index contributed by atoms with van der Waals surface area (Å²) >= 11 is 1.44. The van der Waals surface area contributed by atoms with Gasteiger partial charge in [0, 0.05) is 12.1 Å². The van der Waals surface area contributed by atoms with Gasteiger partial charge in [0.25, 0.3) is 0 Å².